The third-order valence-electron chi connectivity index (χ3n) is 5.31. The van der Waals surface area contributed by atoms with E-state index in [1.54, 1.807) is 0 Å². The highest BCUT2D eigenvalue weighted by Crippen LogP contribution is 2.30. The van der Waals surface area contributed by atoms with Gasteiger partial charge in [0.25, 0.3) is 0 Å². The van der Waals surface area contributed by atoms with E-state index in [-0.39, 0.29) is 12.7 Å². The van der Waals surface area contributed by atoms with Crippen molar-refractivity contribution in [2.45, 2.75) is 45.3 Å². The SMILES string of the molecule is Cc1c(Cl)nc(CO)nc1N1CCC(Oc2ccc3c(c2)NCCC3)CC1. The fourth-order valence-electron chi connectivity index (χ4n) is 3.79. The van der Waals surface area contributed by atoms with Gasteiger partial charge in [0.2, 0.25) is 0 Å². The van der Waals surface area contributed by atoms with E-state index in [0.29, 0.717) is 11.0 Å². The number of aliphatic hydroxyl groups is 1. The summed E-state index contributed by atoms with van der Waals surface area (Å²) in [5.74, 6) is 2.11. The second kappa shape index (κ2) is 7.90. The maximum Gasteiger partial charge on any atom is 0.157 e. The predicted octanol–water partition coefficient (Wildman–Crippen LogP) is 3.34. The Hall–Kier alpha value is -2.05. The molecular weight excluding hydrogens is 364 g/mol. The van der Waals surface area contributed by atoms with Crippen LogP contribution in [0.2, 0.25) is 5.15 Å². The van der Waals surface area contributed by atoms with E-state index in [0.717, 1.165) is 56.0 Å². The molecule has 0 radical (unpaired) electrons. The van der Waals surface area contributed by atoms with Crippen LogP contribution in [0.4, 0.5) is 11.5 Å². The zero-order valence-corrected chi connectivity index (χ0v) is 16.3. The van der Waals surface area contributed by atoms with Crippen LogP contribution in [-0.2, 0) is 13.0 Å². The summed E-state index contributed by atoms with van der Waals surface area (Å²) < 4.78 is 6.24. The largest absolute Gasteiger partial charge is 0.490 e. The molecule has 0 amide bonds. The van der Waals surface area contributed by atoms with Crippen molar-refractivity contribution in [2.24, 2.45) is 0 Å². The lowest BCUT2D eigenvalue weighted by molar-refractivity contribution is 0.170. The van der Waals surface area contributed by atoms with Gasteiger partial charge in [-0.2, -0.15) is 0 Å². The molecule has 4 rings (SSSR count). The molecule has 144 valence electrons. The fourth-order valence-corrected chi connectivity index (χ4v) is 3.97. The Morgan fingerprint density at radius 3 is 2.89 bits per heavy atom. The number of nitrogens with one attached hydrogen (secondary N) is 1. The van der Waals surface area contributed by atoms with Crippen LogP contribution in [0.5, 0.6) is 5.75 Å². The van der Waals surface area contributed by atoms with Crippen molar-refractivity contribution in [3.63, 3.8) is 0 Å². The number of hydrogen-bond acceptors (Lipinski definition) is 6. The molecule has 1 aromatic heterocycles. The quantitative estimate of drug-likeness (QED) is 0.783. The summed E-state index contributed by atoms with van der Waals surface area (Å²) in [6.07, 6.45) is 4.35. The van der Waals surface area contributed by atoms with E-state index in [4.69, 9.17) is 16.3 Å². The van der Waals surface area contributed by atoms with Crippen LogP contribution >= 0.6 is 11.6 Å². The zero-order chi connectivity index (χ0) is 18.8. The maximum absolute atomic E-state index is 9.34. The van der Waals surface area contributed by atoms with Crippen LogP contribution in [0.3, 0.4) is 0 Å². The Balaban J connectivity index is 1.40. The van der Waals surface area contributed by atoms with E-state index in [1.807, 2.05) is 6.92 Å². The molecule has 0 spiro atoms. The third kappa shape index (κ3) is 3.96. The number of hydrogen-bond donors (Lipinski definition) is 2. The second-order valence-electron chi connectivity index (χ2n) is 7.19. The first-order chi connectivity index (χ1) is 13.1. The number of fused-ring (bicyclic) bond motifs is 1. The van der Waals surface area contributed by atoms with Crippen LogP contribution in [0.15, 0.2) is 18.2 Å². The molecule has 0 saturated carbocycles. The standard InChI is InChI=1S/C20H25ClN4O2/c1-13-19(21)23-18(12-26)24-20(13)25-9-6-15(7-10-25)27-16-5-4-14-3-2-8-22-17(14)11-16/h4-5,11,15,22,26H,2-3,6-10,12H2,1H3. The lowest BCUT2D eigenvalue weighted by Crippen LogP contribution is -2.39. The Morgan fingerprint density at radius 1 is 1.30 bits per heavy atom. The van der Waals surface area contributed by atoms with Crippen molar-refractivity contribution in [1.29, 1.82) is 0 Å². The number of piperidine rings is 1. The zero-order valence-electron chi connectivity index (χ0n) is 15.5. The molecule has 0 atom stereocenters. The highest BCUT2D eigenvalue weighted by Gasteiger charge is 2.24. The van der Waals surface area contributed by atoms with Gasteiger partial charge >= 0.3 is 0 Å². The fraction of sp³-hybridized carbons (Fsp3) is 0.500. The van der Waals surface area contributed by atoms with Crippen LogP contribution in [0.25, 0.3) is 0 Å². The molecule has 3 heterocycles. The summed E-state index contributed by atoms with van der Waals surface area (Å²) in [5.41, 5.74) is 3.44. The molecule has 1 fully saturated rings. The molecule has 2 N–H and O–H groups in total. The number of halogens is 1. The van der Waals surface area contributed by atoms with Crippen molar-refractivity contribution in [3.8, 4) is 5.75 Å². The number of aryl methyl sites for hydroxylation is 1. The van der Waals surface area contributed by atoms with E-state index >= 15 is 0 Å². The van der Waals surface area contributed by atoms with Gasteiger partial charge in [0.15, 0.2) is 5.82 Å². The second-order valence-corrected chi connectivity index (χ2v) is 7.55. The summed E-state index contributed by atoms with van der Waals surface area (Å²) in [4.78, 5) is 10.8. The van der Waals surface area contributed by atoms with Crippen molar-refractivity contribution in [3.05, 3.63) is 40.3 Å². The molecule has 1 aromatic carbocycles. The maximum atomic E-state index is 9.34. The molecular formula is C20H25ClN4O2. The topological polar surface area (TPSA) is 70.5 Å². The summed E-state index contributed by atoms with van der Waals surface area (Å²) in [6.45, 7) is 4.42. The monoisotopic (exact) mass is 388 g/mol. The molecule has 0 unspecified atom stereocenters. The number of aromatic nitrogens is 2. The summed E-state index contributed by atoms with van der Waals surface area (Å²) in [7, 11) is 0. The number of nitrogens with zero attached hydrogens (tertiary/aromatic N) is 3. The van der Waals surface area contributed by atoms with Crippen LogP contribution in [0, 0.1) is 6.92 Å². The highest BCUT2D eigenvalue weighted by molar-refractivity contribution is 6.30. The van der Waals surface area contributed by atoms with Gasteiger partial charge in [0, 0.05) is 49.8 Å². The van der Waals surface area contributed by atoms with Crippen LogP contribution < -0.4 is 15.0 Å². The van der Waals surface area contributed by atoms with Gasteiger partial charge in [0.1, 0.15) is 29.4 Å². The van der Waals surface area contributed by atoms with Gasteiger partial charge in [-0.3, -0.25) is 0 Å². The minimum atomic E-state index is -0.209. The minimum absolute atomic E-state index is 0.192. The molecule has 2 aliphatic rings. The third-order valence-corrected chi connectivity index (χ3v) is 5.68. The lowest BCUT2D eigenvalue weighted by Gasteiger charge is -2.34. The summed E-state index contributed by atoms with van der Waals surface area (Å²) >= 11 is 6.19. The van der Waals surface area contributed by atoms with Crippen molar-refractivity contribution in [2.75, 3.05) is 29.9 Å². The van der Waals surface area contributed by atoms with E-state index in [1.165, 1.54) is 17.7 Å². The normalized spacial score (nSPS) is 17.4. The molecule has 1 saturated heterocycles. The molecule has 2 aromatic rings. The molecule has 27 heavy (non-hydrogen) atoms. The summed E-state index contributed by atoms with van der Waals surface area (Å²) in [5, 5.41) is 13.2. The van der Waals surface area contributed by atoms with Crippen molar-refractivity contribution < 1.29 is 9.84 Å². The summed E-state index contributed by atoms with van der Waals surface area (Å²) in [6, 6.07) is 6.39. The highest BCUT2D eigenvalue weighted by atomic mass is 35.5. The molecule has 2 aliphatic heterocycles. The Kier molecular flexibility index (Phi) is 5.36. The number of aliphatic hydroxyl groups excluding tert-OH is 1. The van der Waals surface area contributed by atoms with Gasteiger partial charge in [-0.1, -0.05) is 17.7 Å². The van der Waals surface area contributed by atoms with Gasteiger partial charge in [0.05, 0.1) is 0 Å². The van der Waals surface area contributed by atoms with E-state index in [2.05, 4.69) is 38.4 Å². The predicted molar refractivity (Wildman–Crippen MR) is 107 cm³/mol. The molecule has 0 bridgehead atoms. The average Bonchev–Trinajstić information content (AvgIpc) is 2.70. The number of ether oxygens (including phenoxy) is 1. The van der Waals surface area contributed by atoms with E-state index < -0.39 is 0 Å². The molecule has 7 heteroatoms. The van der Waals surface area contributed by atoms with Crippen molar-refractivity contribution in [1.82, 2.24) is 9.97 Å². The first-order valence-corrected chi connectivity index (χ1v) is 9.94. The Morgan fingerprint density at radius 2 is 2.11 bits per heavy atom. The molecule has 0 aliphatic carbocycles. The smallest absolute Gasteiger partial charge is 0.157 e. The number of benzene rings is 1. The lowest BCUT2D eigenvalue weighted by atomic mass is 10.0. The Labute approximate surface area is 164 Å². The first-order valence-electron chi connectivity index (χ1n) is 9.56. The Bertz CT molecular complexity index is 822. The van der Waals surface area contributed by atoms with Crippen LogP contribution in [0.1, 0.15) is 36.2 Å². The van der Waals surface area contributed by atoms with Crippen molar-refractivity contribution >= 4 is 23.1 Å². The van der Waals surface area contributed by atoms with Crippen LogP contribution in [-0.4, -0.2) is 40.8 Å². The number of rotatable bonds is 4. The van der Waals surface area contributed by atoms with E-state index in [9.17, 15) is 5.11 Å². The first kappa shape index (κ1) is 18.3. The number of anilines is 2. The van der Waals surface area contributed by atoms with Gasteiger partial charge < -0.3 is 20.1 Å². The average molecular weight is 389 g/mol. The van der Waals surface area contributed by atoms with Gasteiger partial charge in [-0.25, -0.2) is 9.97 Å². The van der Waals surface area contributed by atoms with Gasteiger partial charge in [-0.05, 0) is 31.4 Å². The molecule has 6 nitrogen and oxygen atoms in total. The van der Waals surface area contributed by atoms with Gasteiger partial charge in [-0.15, -0.1) is 0 Å². The minimum Gasteiger partial charge on any atom is -0.490 e.